The molecule has 32 heavy (non-hydrogen) atoms. The maximum Gasteiger partial charge on any atom is 0.242 e. The van der Waals surface area contributed by atoms with Gasteiger partial charge >= 0.3 is 0 Å². The van der Waals surface area contributed by atoms with Gasteiger partial charge in [0.2, 0.25) is 11.8 Å². The number of hydrogen-bond acceptors (Lipinski definition) is 3. The van der Waals surface area contributed by atoms with Gasteiger partial charge in [-0.05, 0) is 44.7 Å². The Balaban J connectivity index is 1.63. The lowest BCUT2D eigenvalue weighted by Gasteiger charge is -2.31. The van der Waals surface area contributed by atoms with Crippen LogP contribution in [-0.2, 0) is 21.9 Å². The first-order chi connectivity index (χ1) is 15.4. The Kier molecular flexibility index (Phi) is 9.22. The van der Waals surface area contributed by atoms with E-state index in [1.807, 2.05) is 37.3 Å². The van der Waals surface area contributed by atoms with Gasteiger partial charge in [-0.2, -0.15) is 0 Å². The van der Waals surface area contributed by atoms with Crippen molar-refractivity contribution in [3.63, 3.8) is 0 Å². The van der Waals surface area contributed by atoms with Crippen molar-refractivity contribution in [2.45, 2.75) is 77.3 Å². The molecule has 172 valence electrons. The summed E-state index contributed by atoms with van der Waals surface area (Å²) in [6.45, 7) is 6.50. The number of aryl methyl sites for hydroxylation is 2. The van der Waals surface area contributed by atoms with Crippen LogP contribution in [0.15, 0.2) is 48.5 Å². The maximum absolute atomic E-state index is 13.2. The number of carbonyl (C=O) groups excluding carboxylic acids is 2. The molecule has 1 fully saturated rings. The molecule has 1 N–H and O–H groups in total. The number of rotatable bonds is 9. The molecule has 0 unspecified atom stereocenters. The van der Waals surface area contributed by atoms with Crippen molar-refractivity contribution in [3.05, 3.63) is 70.8 Å². The summed E-state index contributed by atoms with van der Waals surface area (Å²) in [6.07, 6.45) is 5.66. The largest absolute Gasteiger partial charge is 0.352 e. The lowest BCUT2D eigenvalue weighted by molar-refractivity contribution is -0.139. The molecular formula is C27H36N2O2S. The molecule has 5 heteroatoms. The Morgan fingerprint density at radius 1 is 1.00 bits per heavy atom. The van der Waals surface area contributed by atoms with Crippen LogP contribution in [0.2, 0.25) is 0 Å². The predicted molar refractivity (Wildman–Crippen MR) is 134 cm³/mol. The Labute approximate surface area is 197 Å². The molecular weight excluding hydrogens is 416 g/mol. The van der Waals surface area contributed by atoms with E-state index < -0.39 is 6.04 Å². The minimum Gasteiger partial charge on any atom is -0.352 e. The highest BCUT2D eigenvalue weighted by molar-refractivity contribution is 7.99. The van der Waals surface area contributed by atoms with E-state index in [1.54, 1.807) is 16.7 Å². The summed E-state index contributed by atoms with van der Waals surface area (Å²) >= 11 is 1.61. The monoisotopic (exact) mass is 452 g/mol. The molecule has 3 rings (SSSR count). The quantitative estimate of drug-likeness (QED) is 0.554. The molecule has 0 bridgehead atoms. The van der Waals surface area contributed by atoms with Crippen LogP contribution in [0, 0.1) is 13.8 Å². The second kappa shape index (κ2) is 12.1. The highest BCUT2D eigenvalue weighted by Crippen LogP contribution is 2.20. The van der Waals surface area contributed by atoms with Crippen LogP contribution in [0.3, 0.4) is 0 Å². The van der Waals surface area contributed by atoms with Crippen molar-refractivity contribution in [2.24, 2.45) is 0 Å². The van der Waals surface area contributed by atoms with Crippen molar-refractivity contribution in [2.75, 3.05) is 5.75 Å². The topological polar surface area (TPSA) is 49.4 Å². The molecule has 2 aromatic carbocycles. The Bertz CT molecular complexity index is 874. The lowest BCUT2D eigenvalue weighted by atomic mass is 9.95. The third-order valence-electron chi connectivity index (χ3n) is 6.09. The summed E-state index contributed by atoms with van der Waals surface area (Å²) in [6, 6.07) is 16.2. The van der Waals surface area contributed by atoms with E-state index in [-0.39, 0.29) is 17.9 Å². The van der Waals surface area contributed by atoms with Gasteiger partial charge in [0.25, 0.3) is 0 Å². The van der Waals surface area contributed by atoms with Crippen LogP contribution in [0.1, 0.15) is 61.3 Å². The molecule has 0 spiro atoms. The van der Waals surface area contributed by atoms with Gasteiger partial charge in [0, 0.05) is 18.3 Å². The standard InChI is InChI=1S/C27H36N2O2S/c1-20-14-21(2)16-24(15-20)18-32-19-26(30)29(17-23-10-6-4-7-11-23)22(3)27(31)28-25-12-8-5-9-13-25/h4,6-7,10-11,14-16,22,25H,5,8-9,12-13,17-19H2,1-3H3,(H,28,31)/t22-/m1/s1. The number of amides is 2. The van der Waals surface area contributed by atoms with Crippen LogP contribution in [-0.4, -0.2) is 34.6 Å². The van der Waals surface area contributed by atoms with E-state index in [0.29, 0.717) is 12.3 Å². The molecule has 4 nitrogen and oxygen atoms in total. The third-order valence-corrected chi connectivity index (χ3v) is 7.08. The number of carbonyl (C=O) groups is 2. The molecule has 1 atom stereocenters. The normalized spacial score (nSPS) is 15.2. The van der Waals surface area contributed by atoms with E-state index in [1.165, 1.54) is 36.0 Å². The fraction of sp³-hybridized carbons (Fsp3) is 0.481. The molecule has 2 aromatic rings. The highest BCUT2D eigenvalue weighted by Gasteiger charge is 2.28. The Morgan fingerprint density at radius 3 is 2.31 bits per heavy atom. The van der Waals surface area contributed by atoms with Crippen LogP contribution < -0.4 is 5.32 Å². The van der Waals surface area contributed by atoms with Gasteiger partial charge in [-0.15, -0.1) is 11.8 Å². The second-order valence-corrected chi connectivity index (χ2v) is 10.0. The Hall–Kier alpha value is -2.27. The third kappa shape index (κ3) is 7.40. The van der Waals surface area contributed by atoms with Crippen molar-refractivity contribution >= 4 is 23.6 Å². The molecule has 0 radical (unpaired) electrons. The maximum atomic E-state index is 13.2. The van der Waals surface area contributed by atoms with E-state index in [9.17, 15) is 9.59 Å². The van der Waals surface area contributed by atoms with E-state index in [4.69, 9.17) is 0 Å². The number of nitrogens with one attached hydrogen (secondary N) is 1. The molecule has 0 aliphatic heterocycles. The van der Waals surface area contributed by atoms with Crippen LogP contribution >= 0.6 is 11.8 Å². The highest BCUT2D eigenvalue weighted by atomic mass is 32.2. The Morgan fingerprint density at radius 2 is 1.66 bits per heavy atom. The van der Waals surface area contributed by atoms with Gasteiger partial charge in [0.15, 0.2) is 0 Å². The summed E-state index contributed by atoms with van der Waals surface area (Å²) in [5, 5.41) is 3.19. The van der Waals surface area contributed by atoms with Gasteiger partial charge in [-0.3, -0.25) is 9.59 Å². The summed E-state index contributed by atoms with van der Waals surface area (Å²) in [7, 11) is 0. The molecule has 1 saturated carbocycles. The molecule has 2 amide bonds. The molecule has 0 aromatic heterocycles. The molecule has 1 aliphatic rings. The second-order valence-electron chi connectivity index (χ2n) is 9.02. The first-order valence-corrected chi connectivity index (χ1v) is 12.9. The minimum absolute atomic E-state index is 0.00882. The fourth-order valence-corrected chi connectivity index (χ4v) is 5.27. The molecule has 1 aliphatic carbocycles. The summed E-state index contributed by atoms with van der Waals surface area (Å²) < 4.78 is 0. The number of thioether (sulfide) groups is 1. The predicted octanol–water partition coefficient (Wildman–Crippen LogP) is 5.40. The first kappa shape index (κ1) is 24.4. The van der Waals surface area contributed by atoms with Gasteiger partial charge in [-0.1, -0.05) is 78.9 Å². The van der Waals surface area contributed by atoms with Crippen LogP contribution in [0.5, 0.6) is 0 Å². The van der Waals surface area contributed by atoms with E-state index in [2.05, 4.69) is 37.4 Å². The van der Waals surface area contributed by atoms with Crippen molar-refractivity contribution in [1.29, 1.82) is 0 Å². The van der Waals surface area contributed by atoms with Crippen molar-refractivity contribution in [1.82, 2.24) is 10.2 Å². The van der Waals surface area contributed by atoms with Crippen molar-refractivity contribution < 1.29 is 9.59 Å². The van der Waals surface area contributed by atoms with E-state index >= 15 is 0 Å². The van der Waals surface area contributed by atoms with Gasteiger partial charge in [-0.25, -0.2) is 0 Å². The zero-order valence-corrected chi connectivity index (χ0v) is 20.4. The van der Waals surface area contributed by atoms with Crippen molar-refractivity contribution in [3.8, 4) is 0 Å². The van der Waals surface area contributed by atoms with Crippen LogP contribution in [0.25, 0.3) is 0 Å². The smallest absolute Gasteiger partial charge is 0.242 e. The average molecular weight is 453 g/mol. The SMILES string of the molecule is Cc1cc(C)cc(CSCC(=O)N(Cc2ccccc2)[C@H](C)C(=O)NC2CCCCC2)c1. The van der Waals surface area contributed by atoms with Crippen LogP contribution in [0.4, 0.5) is 0 Å². The van der Waals surface area contributed by atoms with E-state index in [0.717, 1.165) is 24.2 Å². The average Bonchev–Trinajstić information content (AvgIpc) is 2.77. The molecule has 0 saturated heterocycles. The number of hydrogen-bond donors (Lipinski definition) is 1. The van der Waals surface area contributed by atoms with Gasteiger partial charge in [0.1, 0.15) is 6.04 Å². The zero-order chi connectivity index (χ0) is 22.9. The summed E-state index contributed by atoms with van der Waals surface area (Å²) in [5.41, 5.74) is 4.76. The lowest BCUT2D eigenvalue weighted by Crippen LogP contribution is -2.50. The van der Waals surface area contributed by atoms with Gasteiger partial charge < -0.3 is 10.2 Å². The zero-order valence-electron chi connectivity index (χ0n) is 19.6. The fourth-order valence-electron chi connectivity index (χ4n) is 4.42. The molecule has 0 heterocycles. The minimum atomic E-state index is -0.494. The summed E-state index contributed by atoms with van der Waals surface area (Å²) in [5.74, 6) is 1.12. The summed E-state index contributed by atoms with van der Waals surface area (Å²) in [4.78, 5) is 28.0. The van der Waals surface area contributed by atoms with Gasteiger partial charge in [0.05, 0.1) is 5.75 Å². The number of nitrogens with zero attached hydrogens (tertiary/aromatic N) is 1. The first-order valence-electron chi connectivity index (χ1n) is 11.7. The number of benzene rings is 2.